The highest BCUT2D eigenvalue weighted by atomic mass is 16.6. The number of nitro benzene ring substituents is 2. The standard InChI is InChI=1S/C16H15N3O6/c1-2-15(25-12-6-4-3-5-7-12)16(20)17-13-9-8-11(18(21)22)10-14(13)19(23)24/h3-10,15H,2H2,1H3,(H,17,20). The van der Waals surface area contributed by atoms with Crippen molar-refractivity contribution in [3.05, 3.63) is 68.8 Å². The van der Waals surface area contributed by atoms with Crippen molar-refractivity contribution in [2.24, 2.45) is 0 Å². The molecule has 0 heterocycles. The highest BCUT2D eigenvalue weighted by Crippen LogP contribution is 2.29. The van der Waals surface area contributed by atoms with E-state index >= 15 is 0 Å². The number of benzene rings is 2. The van der Waals surface area contributed by atoms with Crippen molar-refractivity contribution in [3.8, 4) is 5.75 Å². The van der Waals surface area contributed by atoms with Gasteiger partial charge in [-0.3, -0.25) is 25.0 Å². The number of amides is 1. The third-order valence-electron chi connectivity index (χ3n) is 3.33. The molecule has 25 heavy (non-hydrogen) atoms. The van der Waals surface area contributed by atoms with Crippen LogP contribution in [-0.2, 0) is 4.79 Å². The number of anilines is 1. The van der Waals surface area contributed by atoms with Crippen LogP contribution in [0.25, 0.3) is 0 Å². The lowest BCUT2D eigenvalue weighted by Crippen LogP contribution is -2.32. The van der Waals surface area contributed by atoms with E-state index in [4.69, 9.17) is 4.74 Å². The summed E-state index contributed by atoms with van der Waals surface area (Å²) in [5.41, 5.74) is -1.12. The maximum atomic E-state index is 12.3. The quantitative estimate of drug-likeness (QED) is 0.606. The van der Waals surface area contributed by atoms with E-state index in [0.29, 0.717) is 12.2 Å². The van der Waals surface area contributed by atoms with E-state index in [2.05, 4.69) is 5.32 Å². The van der Waals surface area contributed by atoms with Gasteiger partial charge in [0.2, 0.25) is 0 Å². The molecular weight excluding hydrogens is 330 g/mol. The lowest BCUT2D eigenvalue weighted by atomic mass is 10.2. The van der Waals surface area contributed by atoms with Crippen molar-refractivity contribution in [1.82, 2.24) is 0 Å². The minimum absolute atomic E-state index is 0.129. The molecule has 1 amide bonds. The Morgan fingerprint density at radius 2 is 1.80 bits per heavy atom. The highest BCUT2D eigenvalue weighted by molar-refractivity contribution is 5.96. The average Bonchev–Trinajstić information content (AvgIpc) is 2.60. The summed E-state index contributed by atoms with van der Waals surface area (Å²) in [6, 6.07) is 11.7. The van der Waals surface area contributed by atoms with Crippen molar-refractivity contribution in [1.29, 1.82) is 0 Å². The molecule has 0 saturated carbocycles. The molecule has 2 aromatic carbocycles. The van der Waals surface area contributed by atoms with Gasteiger partial charge in [-0.15, -0.1) is 0 Å². The zero-order chi connectivity index (χ0) is 18.4. The Bertz CT molecular complexity index is 794. The van der Waals surface area contributed by atoms with E-state index in [1.54, 1.807) is 37.3 Å². The van der Waals surface area contributed by atoms with E-state index < -0.39 is 33.2 Å². The number of non-ortho nitro benzene ring substituents is 1. The lowest BCUT2D eigenvalue weighted by molar-refractivity contribution is -0.393. The molecule has 9 heteroatoms. The van der Waals surface area contributed by atoms with Crippen LogP contribution in [0.4, 0.5) is 17.1 Å². The molecule has 2 aromatic rings. The Labute approximate surface area is 142 Å². The smallest absolute Gasteiger partial charge is 0.299 e. The molecule has 1 atom stereocenters. The van der Waals surface area contributed by atoms with E-state index in [0.717, 1.165) is 18.2 Å². The molecule has 0 bridgehead atoms. The van der Waals surface area contributed by atoms with Crippen LogP contribution >= 0.6 is 0 Å². The maximum Gasteiger partial charge on any atom is 0.299 e. The number of nitro groups is 2. The van der Waals surface area contributed by atoms with Crippen molar-refractivity contribution < 1.29 is 19.4 Å². The van der Waals surface area contributed by atoms with Gasteiger partial charge in [-0.25, -0.2) is 0 Å². The van der Waals surface area contributed by atoms with Gasteiger partial charge in [0.15, 0.2) is 6.10 Å². The van der Waals surface area contributed by atoms with Gasteiger partial charge in [0.05, 0.1) is 15.9 Å². The minimum Gasteiger partial charge on any atom is -0.481 e. The van der Waals surface area contributed by atoms with E-state index in [1.807, 2.05) is 0 Å². The van der Waals surface area contributed by atoms with Gasteiger partial charge in [0.1, 0.15) is 11.4 Å². The number of carbonyl (C=O) groups excluding carboxylic acids is 1. The van der Waals surface area contributed by atoms with Gasteiger partial charge >= 0.3 is 0 Å². The average molecular weight is 345 g/mol. The van der Waals surface area contributed by atoms with Crippen LogP contribution in [0.1, 0.15) is 13.3 Å². The first-order chi connectivity index (χ1) is 11.9. The first-order valence-corrected chi connectivity index (χ1v) is 7.37. The van der Waals surface area contributed by atoms with E-state index in [1.165, 1.54) is 0 Å². The van der Waals surface area contributed by atoms with Crippen molar-refractivity contribution >= 4 is 23.0 Å². The fourth-order valence-corrected chi connectivity index (χ4v) is 2.09. The molecule has 0 fully saturated rings. The van der Waals surface area contributed by atoms with E-state index in [9.17, 15) is 25.0 Å². The Morgan fingerprint density at radius 1 is 1.12 bits per heavy atom. The maximum absolute atomic E-state index is 12.3. The summed E-state index contributed by atoms with van der Waals surface area (Å²) in [5.74, 6) is -0.0917. The molecule has 0 spiro atoms. The Kier molecular flexibility index (Phi) is 5.62. The number of carbonyl (C=O) groups is 1. The molecule has 0 aliphatic heterocycles. The highest BCUT2D eigenvalue weighted by Gasteiger charge is 2.24. The third-order valence-corrected chi connectivity index (χ3v) is 3.33. The minimum atomic E-state index is -0.864. The van der Waals surface area contributed by atoms with Crippen LogP contribution < -0.4 is 10.1 Å². The molecule has 130 valence electrons. The zero-order valence-corrected chi connectivity index (χ0v) is 13.2. The summed E-state index contributed by atoms with van der Waals surface area (Å²) in [4.78, 5) is 32.7. The largest absolute Gasteiger partial charge is 0.481 e. The van der Waals surface area contributed by atoms with Gasteiger partial charge in [-0.05, 0) is 24.6 Å². The number of para-hydroxylation sites is 1. The molecule has 0 aliphatic rings. The molecule has 0 radical (unpaired) electrons. The Hall–Kier alpha value is -3.49. The summed E-state index contributed by atoms with van der Waals surface area (Å²) in [7, 11) is 0. The lowest BCUT2D eigenvalue weighted by Gasteiger charge is -2.17. The van der Waals surface area contributed by atoms with Crippen LogP contribution in [0, 0.1) is 20.2 Å². The first kappa shape index (κ1) is 17.9. The van der Waals surface area contributed by atoms with Gasteiger partial charge in [-0.1, -0.05) is 25.1 Å². The van der Waals surface area contributed by atoms with E-state index in [-0.39, 0.29) is 5.69 Å². The fraction of sp³-hybridized carbons (Fsp3) is 0.188. The summed E-state index contributed by atoms with van der Waals surface area (Å²) in [6.45, 7) is 1.73. The number of hydrogen-bond donors (Lipinski definition) is 1. The van der Waals surface area contributed by atoms with Crippen LogP contribution in [0.2, 0.25) is 0 Å². The summed E-state index contributed by atoms with van der Waals surface area (Å²) in [6.07, 6.45) is -0.529. The number of nitrogens with zero attached hydrogens (tertiary/aromatic N) is 2. The molecule has 1 unspecified atom stereocenters. The monoisotopic (exact) mass is 345 g/mol. The predicted octanol–water partition coefficient (Wildman–Crippen LogP) is 3.30. The second kappa shape index (κ2) is 7.86. The molecular formula is C16H15N3O6. The van der Waals surface area contributed by atoms with Gasteiger partial charge in [0.25, 0.3) is 17.3 Å². The number of hydrogen-bond acceptors (Lipinski definition) is 6. The number of ether oxygens (including phenoxy) is 1. The fourth-order valence-electron chi connectivity index (χ4n) is 2.09. The molecule has 0 aromatic heterocycles. The first-order valence-electron chi connectivity index (χ1n) is 7.37. The summed E-state index contributed by atoms with van der Waals surface area (Å²) in [5, 5.41) is 24.3. The number of nitrogens with one attached hydrogen (secondary N) is 1. The van der Waals surface area contributed by atoms with Crippen molar-refractivity contribution in [2.45, 2.75) is 19.4 Å². The second-order valence-corrected chi connectivity index (χ2v) is 5.03. The molecule has 9 nitrogen and oxygen atoms in total. The van der Waals surface area contributed by atoms with Gasteiger partial charge in [-0.2, -0.15) is 0 Å². The SMILES string of the molecule is CCC(Oc1ccccc1)C(=O)Nc1ccc([N+](=O)[O-])cc1[N+](=O)[O-]. The van der Waals surface area contributed by atoms with Crippen molar-refractivity contribution in [2.75, 3.05) is 5.32 Å². The Morgan fingerprint density at radius 3 is 2.36 bits per heavy atom. The molecule has 0 aliphatic carbocycles. The van der Waals surface area contributed by atoms with Gasteiger partial charge < -0.3 is 10.1 Å². The molecule has 0 saturated heterocycles. The van der Waals surface area contributed by atoms with Gasteiger partial charge in [0, 0.05) is 6.07 Å². The third kappa shape index (κ3) is 4.50. The summed E-state index contributed by atoms with van der Waals surface area (Å²) < 4.78 is 5.57. The van der Waals surface area contributed by atoms with Crippen molar-refractivity contribution in [3.63, 3.8) is 0 Å². The summed E-state index contributed by atoms with van der Waals surface area (Å²) >= 11 is 0. The Balaban J connectivity index is 2.20. The molecule has 2 rings (SSSR count). The van der Waals surface area contributed by atoms with Crippen LogP contribution in [0.5, 0.6) is 5.75 Å². The molecule has 1 N–H and O–H groups in total. The van der Waals surface area contributed by atoms with Crippen LogP contribution in [-0.4, -0.2) is 21.9 Å². The number of rotatable bonds is 7. The predicted molar refractivity (Wildman–Crippen MR) is 89.5 cm³/mol. The second-order valence-electron chi connectivity index (χ2n) is 5.03. The topological polar surface area (TPSA) is 125 Å². The van der Waals surface area contributed by atoms with Crippen LogP contribution in [0.3, 0.4) is 0 Å². The van der Waals surface area contributed by atoms with Crippen LogP contribution in [0.15, 0.2) is 48.5 Å². The zero-order valence-electron chi connectivity index (χ0n) is 13.2. The normalized spacial score (nSPS) is 11.4.